The molecule has 1 aliphatic heterocycles. The van der Waals surface area contributed by atoms with Gasteiger partial charge in [-0.1, -0.05) is 42.5 Å². The zero-order chi connectivity index (χ0) is 14.9. The first-order chi connectivity index (χ1) is 10.1. The fourth-order valence-electron chi connectivity index (χ4n) is 2.86. The summed E-state index contributed by atoms with van der Waals surface area (Å²) in [7, 11) is -3.43. The molecule has 0 saturated carbocycles. The van der Waals surface area contributed by atoms with E-state index in [1.807, 2.05) is 37.3 Å². The Bertz CT molecular complexity index is 753. The quantitative estimate of drug-likeness (QED) is 0.854. The Kier molecular flexibility index (Phi) is 3.83. The standard InChI is InChI=1S/C17H19NO2S/c1-14-7-2-5-11-17(14)21(19,20)18-12-6-10-15-8-3-4-9-16(15)13-18/h2-5,7-9,11H,6,10,12-13H2,1H3. The molecular weight excluding hydrogens is 282 g/mol. The second-order valence-corrected chi connectivity index (χ2v) is 7.38. The molecule has 0 N–H and O–H groups in total. The lowest BCUT2D eigenvalue weighted by Gasteiger charge is -2.21. The lowest BCUT2D eigenvalue weighted by atomic mass is 10.0. The molecule has 4 heteroatoms. The van der Waals surface area contributed by atoms with Crippen molar-refractivity contribution in [2.75, 3.05) is 6.54 Å². The van der Waals surface area contributed by atoms with E-state index in [0.717, 1.165) is 24.0 Å². The van der Waals surface area contributed by atoms with Crippen molar-refractivity contribution in [2.45, 2.75) is 31.2 Å². The molecule has 2 aromatic rings. The van der Waals surface area contributed by atoms with Gasteiger partial charge in [-0.2, -0.15) is 4.31 Å². The van der Waals surface area contributed by atoms with Crippen LogP contribution in [0.5, 0.6) is 0 Å². The molecule has 3 nitrogen and oxygen atoms in total. The molecule has 0 spiro atoms. The van der Waals surface area contributed by atoms with E-state index in [9.17, 15) is 8.42 Å². The zero-order valence-electron chi connectivity index (χ0n) is 12.1. The highest BCUT2D eigenvalue weighted by Gasteiger charge is 2.27. The number of hydrogen-bond acceptors (Lipinski definition) is 2. The van der Waals surface area contributed by atoms with Crippen LogP contribution in [0.15, 0.2) is 53.4 Å². The van der Waals surface area contributed by atoms with Crippen LogP contribution in [0.4, 0.5) is 0 Å². The Hall–Kier alpha value is -1.65. The molecule has 0 saturated heterocycles. The average molecular weight is 301 g/mol. The zero-order valence-corrected chi connectivity index (χ0v) is 12.9. The van der Waals surface area contributed by atoms with Crippen molar-refractivity contribution < 1.29 is 8.42 Å². The van der Waals surface area contributed by atoms with Gasteiger partial charge in [0.2, 0.25) is 10.0 Å². The summed E-state index contributed by atoms with van der Waals surface area (Å²) in [5.74, 6) is 0. The van der Waals surface area contributed by atoms with Crippen molar-refractivity contribution in [3.63, 3.8) is 0 Å². The molecule has 21 heavy (non-hydrogen) atoms. The van der Waals surface area contributed by atoms with Crippen LogP contribution in [-0.2, 0) is 23.0 Å². The van der Waals surface area contributed by atoms with Crippen LogP contribution in [-0.4, -0.2) is 19.3 Å². The van der Waals surface area contributed by atoms with Crippen LogP contribution >= 0.6 is 0 Å². The minimum atomic E-state index is -3.43. The molecule has 0 amide bonds. The van der Waals surface area contributed by atoms with E-state index in [2.05, 4.69) is 6.07 Å². The minimum absolute atomic E-state index is 0.421. The summed E-state index contributed by atoms with van der Waals surface area (Å²) in [6, 6.07) is 15.3. The van der Waals surface area contributed by atoms with Gasteiger partial charge in [0, 0.05) is 13.1 Å². The molecule has 2 aromatic carbocycles. The lowest BCUT2D eigenvalue weighted by molar-refractivity contribution is 0.410. The number of hydrogen-bond donors (Lipinski definition) is 0. The van der Waals surface area contributed by atoms with E-state index in [-0.39, 0.29) is 0 Å². The van der Waals surface area contributed by atoms with Crippen LogP contribution in [0.1, 0.15) is 23.1 Å². The van der Waals surface area contributed by atoms with Crippen LogP contribution in [0.25, 0.3) is 0 Å². The first-order valence-electron chi connectivity index (χ1n) is 7.21. The van der Waals surface area contributed by atoms with E-state index in [0.29, 0.717) is 18.0 Å². The molecular formula is C17H19NO2S. The maximum atomic E-state index is 12.9. The van der Waals surface area contributed by atoms with Crippen molar-refractivity contribution in [3.05, 3.63) is 65.2 Å². The molecule has 0 aliphatic carbocycles. The van der Waals surface area contributed by atoms with Crippen molar-refractivity contribution in [2.24, 2.45) is 0 Å². The highest BCUT2D eigenvalue weighted by atomic mass is 32.2. The van der Waals surface area contributed by atoms with Gasteiger partial charge in [0.1, 0.15) is 0 Å². The van der Waals surface area contributed by atoms with Crippen molar-refractivity contribution in [3.8, 4) is 0 Å². The lowest BCUT2D eigenvalue weighted by Crippen LogP contribution is -2.31. The predicted molar refractivity (Wildman–Crippen MR) is 83.5 cm³/mol. The number of aryl methyl sites for hydroxylation is 2. The summed E-state index contributed by atoms with van der Waals surface area (Å²) in [5, 5.41) is 0. The van der Waals surface area contributed by atoms with Gasteiger partial charge in [-0.3, -0.25) is 0 Å². The van der Waals surface area contributed by atoms with Crippen LogP contribution in [0, 0.1) is 6.92 Å². The fourth-order valence-corrected chi connectivity index (χ4v) is 4.54. The molecule has 1 aliphatic rings. The predicted octanol–water partition coefficient (Wildman–Crippen LogP) is 3.13. The van der Waals surface area contributed by atoms with Gasteiger partial charge in [-0.25, -0.2) is 8.42 Å². The van der Waals surface area contributed by atoms with Gasteiger partial charge in [0.15, 0.2) is 0 Å². The summed E-state index contributed by atoms with van der Waals surface area (Å²) in [5.41, 5.74) is 3.18. The summed E-state index contributed by atoms with van der Waals surface area (Å²) >= 11 is 0. The van der Waals surface area contributed by atoms with Gasteiger partial charge in [0.25, 0.3) is 0 Å². The molecule has 0 radical (unpaired) electrons. The SMILES string of the molecule is Cc1ccccc1S(=O)(=O)N1CCCc2ccccc2C1. The van der Waals surface area contributed by atoms with E-state index in [4.69, 9.17) is 0 Å². The maximum absolute atomic E-state index is 12.9. The highest BCUT2D eigenvalue weighted by Crippen LogP contribution is 2.25. The van der Waals surface area contributed by atoms with Gasteiger partial charge >= 0.3 is 0 Å². The van der Waals surface area contributed by atoms with Gasteiger partial charge in [-0.05, 0) is 42.5 Å². The number of rotatable bonds is 2. The minimum Gasteiger partial charge on any atom is -0.207 e. The first-order valence-corrected chi connectivity index (χ1v) is 8.65. The van der Waals surface area contributed by atoms with E-state index in [1.54, 1.807) is 16.4 Å². The molecule has 0 unspecified atom stereocenters. The van der Waals surface area contributed by atoms with Crippen LogP contribution in [0.3, 0.4) is 0 Å². The third-order valence-electron chi connectivity index (χ3n) is 4.03. The molecule has 0 fully saturated rings. The monoisotopic (exact) mass is 301 g/mol. The Balaban J connectivity index is 1.99. The number of sulfonamides is 1. The summed E-state index contributed by atoms with van der Waals surface area (Å²) in [6.45, 7) is 2.89. The molecule has 110 valence electrons. The second kappa shape index (κ2) is 5.62. The molecule has 0 aromatic heterocycles. The maximum Gasteiger partial charge on any atom is 0.243 e. The van der Waals surface area contributed by atoms with Crippen LogP contribution in [0.2, 0.25) is 0 Å². The third-order valence-corrected chi connectivity index (χ3v) is 6.04. The molecule has 3 rings (SSSR count). The molecule has 0 bridgehead atoms. The van der Waals surface area contributed by atoms with Gasteiger partial charge in [0.05, 0.1) is 4.90 Å². The Morgan fingerprint density at radius 2 is 1.62 bits per heavy atom. The Morgan fingerprint density at radius 3 is 2.38 bits per heavy atom. The first kappa shape index (κ1) is 14.3. The molecule has 1 heterocycles. The normalized spacial score (nSPS) is 16.2. The van der Waals surface area contributed by atoms with E-state index in [1.165, 1.54) is 5.56 Å². The number of fused-ring (bicyclic) bond motifs is 1. The third kappa shape index (κ3) is 2.74. The van der Waals surface area contributed by atoms with Gasteiger partial charge in [-0.15, -0.1) is 0 Å². The van der Waals surface area contributed by atoms with Gasteiger partial charge < -0.3 is 0 Å². The summed E-state index contributed by atoms with van der Waals surface area (Å²) in [6.07, 6.45) is 1.80. The average Bonchev–Trinajstić information content (AvgIpc) is 2.70. The Labute approximate surface area is 126 Å². The Morgan fingerprint density at radius 1 is 0.952 bits per heavy atom. The largest absolute Gasteiger partial charge is 0.243 e. The topological polar surface area (TPSA) is 37.4 Å². The van der Waals surface area contributed by atoms with Crippen molar-refractivity contribution in [1.82, 2.24) is 4.31 Å². The molecule has 0 atom stereocenters. The van der Waals surface area contributed by atoms with Crippen LogP contribution < -0.4 is 0 Å². The van der Waals surface area contributed by atoms with Crippen molar-refractivity contribution in [1.29, 1.82) is 0 Å². The fraction of sp³-hybridized carbons (Fsp3) is 0.294. The second-order valence-electron chi connectivity index (χ2n) is 5.48. The van der Waals surface area contributed by atoms with Crippen molar-refractivity contribution >= 4 is 10.0 Å². The van der Waals surface area contributed by atoms with E-state index < -0.39 is 10.0 Å². The summed E-state index contributed by atoms with van der Waals surface area (Å²) in [4.78, 5) is 0.421. The highest BCUT2D eigenvalue weighted by molar-refractivity contribution is 7.89. The number of benzene rings is 2. The summed E-state index contributed by atoms with van der Waals surface area (Å²) < 4.78 is 27.4. The number of nitrogens with zero attached hydrogens (tertiary/aromatic N) is 1. The van der Waals surface area contributed by atoms with E-state index >= 15 is 0 Å². The smallest absolute Gasteiger partial charge is 0.207 e.